The molecule has 0 unspecified atom stereocenters. The number of rotatable bonds is 6. The first-order valence-electron chi connectivity index (χ1n) is 10.1. The molecule has 2 aromatic heterocycles. The zero-order valence-electron chi connectivity index (χ0n) is 18.3. The lowest BCUT2D eigenvalue weighted by atomic mass is 9.95. The molecule has 0 aliphatic rings. The number of benzene rings is 1. The zero-order valence-corrected chi connectivity index (χ0v) is 18.3. The molecule has 0 atom stereocenters. The number of allylic oxidation sites excluding steroid dienone is 1. The highest BCUT2D eigenvalue weighted by Gasteiger charge is 2.25. The summed E-state index contributed by atoms with van der Waals surface area (Å²) >= 11 is 0. The highest BCUT2D eigenvalue weighted by Crippen LogP contribution is 2.21. The van der Waals surface area contributed by atoms with Crippen LogP contribution in [0.3, 0.4) is 0 Å². The van der Waals surface area contributed by atoms with Crippen molar-refractivity contribution in [1.29, 1.82) is 5.26 Å². The Labute approximate surface area is 188 Å². The summed E-state index contributed by atoms with van der Waals surface area (Å²) in [5, 5.41) is 8.81. The number of nitrogen functional groups attached to an aromatic ring is 1. The number of aryl methyl sites for hydroxylation is 1. The number of nitriles is 1. The summed E-state index contributed by atoms with van der Waals surface area (Å²) in [6, 6.07) is 9.40. The van der Waals surface area contributed by atoms with Crippen molar-refractivity contribution in [1.82, 2.24) is 14.5 Å². The Bertz CT molecular complexity index is 1410. The number of hydrogen-bond donors (Lipinski definition) is 2. The molecule has 33 heavy (non-hydrogen) atoms. The monoisotopic (exact) mass is 447 g/mol. The minimum atomic E-state index is -0.827. The third-order valence-electron chi connectivity index (χ3n) is 4.95. The summed E-state index contributed by atoms with van der Waals surface area (Å²) in [6.45, 7) is 5.06. The molecule has 1 aromatic carbocycles. The number of carbonyl (C=O) groups is 1. The van der Waals surface area contributed by atoms with Crippen molar-refractivity contribution < 1.29 is 9.18 Å². The SMILES string of the molecule is Cc1cc(/C=C/C#N)cc(C(=O)c2c(C(C)C)c(=O)[nH]c(=O)n2Cc2cc(N)nc(F)c2)c1. The van der Waals surface area contributed by atoms with E-state index >= 15 is 0 Å². The van der Waals surface area contributed by atoms with Crippen molar-refractivity contribution in [3.8, 4) is 6.07 Å². The fourth-order valence-corrected chi connectivity index (χ4v) is 3.67. The maximum Gasteiger partial charge on any atom is 0.329 e. The molecule has 0 aliphatic carbocycles. The van der Waals surface area contributed by atoms with Crippen molar-refractivity contribution in [2.24, 2.45) is 0 Å². The lowest BCUT2D eigenvalue weighted by molar-refractivity contribution is 0.102. The minimum Gasteiger partial charge on any atom is -0.384 e. The van der Waals surface area contributed by atoms with Crippen molar-refractivity contribution >= 4 is 17.7 Å². The van der Waals surface area contributed by atoms with E-state index in [9.17, 15) is 18.8 Å². The number of nitrogens with one attached hydrogen (secondary N) is 1. The van der Waals surface area contributed by atoms with Crippen molar-refractivity contribution in [2.75, 3.05) is 5.73 Å². The fourth-order valence-electron chi connectivity index (χ4n) is 3.67. The number of halogens is 1. The topological polar surface area (TPSA) is 135 Å². The molecule has 0 saturated carbocycles. The number of nitrogens with zero attached hydrogens (tertiary/aromatic N) is 3. The third kappa shape index (κ3) is 5.13. The Kier molecular flexibility index (Phi) is 6.68. The second-order valence-electron chi connectivity index (χ2n) is 7.91. The summed E-state index contributed by atoms with van der Waals surface area (Å²) in [5.74, 6) is -1.83. The van der Waals surface area contributed by atoms with Crippen molar-refractivity contribution in [2.45, 2.75) is 33.2 Å². The number of anilines is 1. The average molecular weight is 447 g/mol. The van der Waals surface area contributed by atoms with Crippen LogP contribution in [-0.4, -0.2) is 20.3 Å². The molecule has 2 heterocycles. The van der Waals surface area contributed by atoms with Crippen LogP contribution in [0.5, 0.6) is 0 Å². The standard InChI is InChI=1S/C24H22FN5O3/c1-13(2)20-21(22(31)17-8-14(3)7-15(9-17)5-4-6-26)30(24(33)29-23(20)32)12-16-10-18(25)28-19(27)11-16/h4-5,7-11,13H,12H2,1-3H3,(H2,27,28)(H,29,32,33)/b5-4+. The first kappa shape index (κ1) is 23.3. The summed E-state index contributed by atoms with van der Waals surface area (Å²) < 4.78 is 14.9. The average Bonchev–Trinajstić information content (AvgIpc) is 2.72. The van der Waals surface area contributed by atoms with Gasteiger partial charge in [-0.1, -0.05) is 19.9 Å². The lowest BCUT2D eigenvalue weighted by Gasteiger charge is -2.18. The van der Waals surface area contributed by atoms with Crippen LogP contribution in [0.4, 0.5) is 10.2 Å². The van der Waals surface area contributed by atoms with E-state index < -0.39 is 23.0 Å². The minimum absolute atomic E-state index is 0.0768. The molecule has 0 amide bonds. The summed E-state index contributed by atoms with van der Waals surface area (Å²) in [6.07, 6.45) is 2.84. The van der Waals surface area contributed by atoms with Crippen LogP contribution in [0.2, 0.25) is 0 Å². The van der Waals surface area contributed by atoms with Gasteiger partial charge in [-0.05, 0) is 59.9 Å². The Balaban J connectivity index is 2.27. The van der Waals surface area contributed by atoms with Crippen LogP contribution in [-0.2, 0) is 6.54 Å². The second-order valence-corrected chi connectivity index (χ2v) is 7.91. The van der Waals surface area contributed by atoms with Crippen LogP contribution >= 0.6 is 0 Å². The molecule has 0 spiro atoms. The van der Waals surface area contributed by atoms with Gasteiger partial charge in [0.2, 0.25) is 11.7 Å². The molecule has 3 rings (SSSR count). The molecule has 0 radical (unpaired) electrons. The smallest absolute Gasteiger partial charge is 0.329 e. The molecule has 3 aromatic rings. The van der Waals surface area contributed by atoms with E-state index in [1.54, 1.807) is 45.0 Å². The van der Waals surface area contributed by atoms with E-state index in [4.69, 9.17) is 11.0 Å². The van der Waals surface area contributed by atoms with Crippen LogP contribution in [0.25, 0.3) is 6.08 Å². The Hall–Kier alpha value is -4.32. The predicted octanol–water partition coefficient (Wildman–Crippen LogP) is 2.90. The van der Waals surface area contributed by atoms with Gasteiger partial charge >= 0.3 is 5.69 Å². The van der Waals surface area contributed by atoms with E-state index in [1.807, 2.05) is 6.07 Å². The normalized spacial score (nSPS) is 11.2. The van der Waals surface area contributed by atoms with Gasteiger partial charge in [-0.15, -0.1) is 0 Å². The molecule has 0 bridgehead atoms. The van der Waals surface area contributed by atoms with Gasteiger partial charge in [0.1, 0.15) is 11.5 Å². The number of aromatic nitrogens is 3. The molecule has 0 fully saturated rings. The van der Waals surface area contributed by atoms with Gasteiger partial charge in [-0.3, -0.25) is 19.1 Å². The number of carbonyl (C=O) groups excluding carboxylic acids is 1. The molecule has 3 N–H and O–H groups in total. The largest absolute Gasteiger partial charge is 0.384 e. The highest BCUT2D eigenvalue weighted by molar-refractivity contribution is 6.09. The van der Waals surface area contributed by atoms with Crippen LogP contribution in [0, 0.1) is 24.2 Å². The predicted molar refractivity (Wildman–Crippen MR) is 122 cm³/mol. The molecular weight excluding hydrogens is 425 g/mol. The summed E-state index contributed by atoms with van der Waals surface area (Å²) in [4.78, 5) is 44.9. The highest BCUT2D eigenvalue weighted by atomic mass is 19.1. The van der Waals surface area contributed by atoms with Gasteiger partial charge in [0.15, 0.2) is 0 Å². The maximum absolute atomic E-state index is 13.8. The van der Waals surface area contributed by atoms with E-state index in [-0.39, 0.29) is 35.1 Å². The quantitative estimate of drug-likeness (QED) is 0.339. The van der Waals surface area contributed by atoms with E-state index in [1.165, 1.54) is 12.1 Å². The number of ketones is 1. The van der Waals surface area contributed by atoms with Crippen molar-refractivity contribution in [3.05, 3.63) is 96.7 Å². The lowest BCUT2D eigenvalue weighted by Crippen LogP contribution is -2.38. The van der Waals surface area contributed by atoms with E-state index in [0.29, 0.717) is 11.1 Å². The van der Waals surface area contributed by atoms with Gasteiger partial charge < -0.3 is 5.73 Å². The van der Waals surface area contributed by atoms with Gasteiger partial charge in [0.05, 0.1) is 12.6 Å². The van der Waals surface area contributed by atoms with Gasteiger partial charge in [0, 0.05) is 17.2 Å². The Morgan fingerprint density at radius 2 is 2.00 bits per heavy atom. The Morgan fingerprint density at radius 1 is 1.27 bits per heavy atom. The van der Waals surface area contributed by atoms with Gasteiger partial charge in [-0.25, -0.2) is 9.78 Å². The first-order chi connectivity index (χ1) is 15.6. The second kappa shape index (κ2) is 9.44. The third-order valence-corrected chi connectivity index (χ3v) is 4.95. The number of pyridine rings is 1. The fraction of sp³-hybridized carbons (Fsp3) is 0.208. The number of hydrogen-bond acceptors (Lipinski definition) is 6. The molecule has 0 aliphatic heterocycles. The number of nitrogens with two attached hydrogens (primary N) is 1. The summed E-state index contributed by atoms with van der Waals surface area (Å²) in [5.41, 5.74) is 6.13. The van der Waals surface area contributed by atoms with Gasteiger partial charge in [-0.2, -0.15) is 9.65 Å². The molecule has 9 heteroatoms. The molecule has 0 saturated heterocycles. The van der Waals surface area contributed by atoms with E-state index in [2.05, 4.69) is 9.97 Å². The van der Waals surface area contributed by atoms with Crippen LogP contribution in [0.1, 0.15) is 58.1 Å². The molecule has 168 valence electrons. The number of aromatic amines is 1. The molecule has 8 nitrogen and oxygen atoms in total. The summed E-state index contributed by atoms with van der Waals surface area (Å²) in [7, 11) is 0. The van der Waals surface area contributed by atoms with E-state index in [0.717, 1.165) is 16.2 Å². The van der Waals surface area contributed by atoms with Gasteiger partial charge in [0.25, 0.3) is 5.56 Å². The van der Waals surface area contributed by atoms with Crippen LogP contribution in [0.15, 0.2) is 46.0 Å². The zero-order chi connectivity index (χ0) is 24.3. The van der Waals surface area contributed by atoms with Crippen molar-refractivity contribution in [3.63, 3.8) is 0 Å². The maximum atomic E-state index is 13.8. The van der Waals surface area contributed by atoms with Crippen LogP contribution < -0.4 is 17.0 Å². The Morgan fingerprint density at radius 3 is 2.64 bits per heavy atom. The molecular formula is C24H22FN5O3. The number of H-pyrrole nitrogens is 1. The first-order valence-corrected chi connectivity index (χ1v) is 10.1.